The molecule has 100 valence electrons. The molecule has 1 rings (SSSR count). The van der Waals surface area contributed by atoms with Gasteiger partial charge in [0.2, 0.25) is 15.9 Å². The van der Waals surface area contributed by atoms with Gasteiger partial charge in [0.15, 0.2) is 0 Å². The van der Waals surface area contributed by atoms with Gasteiger partial charge >= 0.3 is 0 Å². The molecule has 0 aliphatic rings. The summed E-state index contributed by atoms with van der Waals surface area (Å²) in [6, 6.07) is 6.34. The highest BCUT2D eigenvalue weighted by Gasteiger charge is 2.14. The Morgan fingerprint density at radius 1 is 1.28 bits per heavy atom. The SMILES string of the molecule is CN(C)C(=O)CCS(=O)(=O)Nc1ccc(N)cc1. The number of carbonyl (C=O) groups excluding carboxylic acids is 1. The first kappa shape index (κ1) is 14.3. The second-order valence-corrected chi connectivity index (χ2v) is 5.92. The molecule has 1 aromatic rings. The highest BCUT2D eigenvalue weighted by Crippen LogP contribution is 2.12. The average molecular weight is 271 g/mol. The third-order valence-electron chi connectivity index (χ3n) is 2.27. The molecule has 6 nitrogen and oxygen atoms in total. The lowest BCUT2D eigenvalue weighted by Gasteiger charge is -2.11. The van der Waals surface area contributed by atoms with Crippen LogP contribution in [0.15, 0.2) is 24.3 Å². The zero-order valence-corrected chi connectivity index (χ0v) is 11.2. The van der Waals surface area contributed by atoms with Gasteiger partial charge in [-0.2, -0.15) is 0 Å². The van der Waals surface area contributed by atoms with Gasteiger partial charge in [0.1, 0.15) is 0 Å². The Morgan fingerprint density at radius 3 is 2.33 bits per heavy atom. The standard InChI is InChI=1S/C11H17N3O3S/c1-14(2)11(15)7-8-18(16,17)13-10-5-3-9(12)4-6-10/h3-6,13H,7-8,12H2,1-2H3. The molecule has 0 aromatic heterocycles. The van der Waals surface area contributed by atoms with Gasteiger partial charge < -0.3 is 10.6 Å². The van der Waals surface area contributed by atoms with Gasteiger partial charge in [-0.1, -0.05) is 0 Å². The molecule has 0 spiro atoms. The molecule has 0 bridgehead atoms. The van der Waals surface area contributed by atoms with E-state index in [0.29, 0.717) is 11.4 Å². The predicted molar refractivity (Wildman–Crippen MR) is 71.6 cm³/mol. The topological polar surface area (TPSA) is 92.5 Å². The number of nitrogen functional groups attached to an aromatic ring is 1. The van der Waals surface area contributed by atoms with Crippen LogP contribution in [-0.2, 0) is 14.8 Å². The fraction of sp³-hybridized carbons (Fsp3) is 0.364. The van der Waals surface area contributed by atoms with Crippen molar-refractivity contribution in [2.75, 3.05) is 30.3 Å². The first-order chi connectivity index (χ1) is 8.30. The van der Waals surface area contributed by atoms with E-state index >= 15 is 0 Å². The van der Waals surface area contributed by atoms with Gasteiger partial charge in [-0.05, 0) is 24.3 Å². The molecule has 0 fully saturated rings. The fourth-order valence-electron chi connectivity index (χ4n) is 1.23. The van der Waals surface area contributed by atoms with Gasteiger partial charge in [-0.25, -0.2) is 8.42 Å². The number of sulfonamides is 1. The van der Waals surface area contributed by atoms with Crippen molar-refractivity contribution < 1.29 is 13.2 Å². The number of anilines is 2. The second kappa shape index (κ2) is 5.72. The molecule has 0 saturated heterocycles. The Labute approximate surface area is 107 Å². The van der Waals surface area contributed by atoms with E-state index in [1.165, 1.54) is 4.90 Å². The lowest BCUT2D eigenvalue weighted by atomic mass is 10.3. The number of hydrogen-bond acceptors (Lipinski definition) is 4. The first-order valence-electron chi connectivity index (χ1n) is 5.36. The van der Waals surface area contributed by atoms with Crippen molar-refractivity contribution >= 4 is 27.3 Å². The maximum atomic E-state index is 11.7. The minimum absolute atomic E-state index is 0.0443. The second-order valence-electron chi connectivity index (χ2n) is 4.08. The lowest BCUT2D eigenvalue weighted by Crippen LogP contribution is -2.26. The highest BCUT2D eigenvalue weighted by atomic mass is 32.2. The van der Waals surface area contributed by atoms with Gasteiger partial charge in [0.05, 0.1) is 5.75 Å². The van der Waals surface area contributed by atoms with Crippen LogP contribution in [0.4, 0.5) is 11.4 Å². The Morgan fingerprint density at radius 2 is 1.83 bits per heavy atom. The highest BCUT2D eigenvalue weighted by molar-refractivity contribution is 7.92. The number of benzene rings is 1. The molecule has 0 aliphatic heterocycles. The summed E-state index contributed by atoms with van der Waals surface area (Å²) in [5, 5.41) is 0. The molecule has 18 heavy (non-hydrogen) atoms. The maximum absolute atomic E-state index is 11.7. The van der Waals surface area contributed by atoms with Crippen LogP contribution in [0, 0.1) is 0 Å². The Balaban J connectivity index is 2.60. The molecule has 1 aromatic carbocycles. The van der Waals surface area contributed by atoms with Crippen molar-refractivity contribution in [3.05, 3.63) is 24.3 Å². The van der Waals surface area contributed by atoms with Crippen molar-refractivity contribution in [2.24, 2.45) is 0 Å². The molecule has 3 N–H and O–H groups in total. The predicted octanol–water partition coefficient (Wildman–Crippen LogP) is 0.489. The number of carbonyl (C=O) groups is 1. The smallest absolute Gasteiger partial charge is 0.233 e. The van der Waals surface area contributed by atoms with Crippen LogP contribution >= 0.6 is 0 Å². The summed E-state index contributed by atoms with van der Waals surface area (Å²) in [5.41, 5.74) is 6.48. The molecule has 0 radical (unpaired) electrons. The Kier molecular flexibility index (Phi) is 4.55. The van der Waals surface area contributed by atoms with E-state index in [2.05, 4.69) is 4.72 Å². The van der Waals surface area contributed by atoms with Crippen molar-refractivity contribution in [1.29, 1.82) is 0 Å². The van der Waals surface area contributed by atoms with Crippen molar-refractivity contribution in [3.8, 4) is 0 Å². The largest absolute Gasteiger partial charge is 0.399 e. The van der Waals surface area contributed by atoms with Crippen molar-refractivity contribution in [1.82, 2.24) is 4.90 Å². The van der Waals surface area contributed by atoms with Gasteiger partial charge in [-0.3, -0.25) is 9.52 Å². The summed E-state index contributed by atoms with van der Waals surface area (Å²) >= 11 is 0. The molecule has 0 atom stereocenters. The Hall–Kier alpha value is -1.76. The van der Waals surface area contributed by atoms with E-state index in [9.17, 15) is 13.2 Å². The summed E-state index contributed by atoms with van der Waals surface area (Å²) in [4.78, 5) is 12.7. The van der Waals surface area contributed by atoms with E-state index < -0.39 is 10.0 Å². The fourth-order valence-corrected chi connectivity index (χ4v) is 2.27. The van der Waals surface area contributed by atoms with Crippen molar-refractivity contribution in [2.45, 2.75) is 6.42 Å². The number of amides is 1. The zero-order valence-electron chi connectivity index (χ0n) is 10.4. The van der Waals surface area contributed by atoms with Crippen LogP contribution in [0.5, 0.6) is 0 Å². The number of rotatable bonds is 5. The van der Waals surface area contributed by atoms with E-state index in [0.717, 1.165) is 0 Å². The molecule has 0 aliphatic carbocycles. The molecule has 0 unspecified atom stereocenters. The van der Waals surface area contributed by atoms with E-state index in [4.69, 9.17) is 5.73 Å². The van der Waals surface area contributed by atoms with Crippen LogP contribution in [-0.4, -0.2) is 39.1 Å². The van der Waals surface area contributed by atoms with E-state index in [1.807, 2.05) is 0 Å². The normalized spacial score (nSPS) is 11.0. The third-order valence-corrected chi connectivity index (χ3v) is 3.56. The maximum Gasteiger partial charge on any atom is 0.233 e. The molecule has 7 heteroatoms. The molecule has 1 amide bonds. The monoisotopic (exact) mass is 271 g/mol. The van der Waals surface area contributed by atoms with Crippen LogP contribution in [0.2, 0.25) is 0 Å². The lowest BCUT2D eigenvalue weighted by molar-refractivity contribution is -0.128. The summed E-state index contributed by atoms with van der Waals surface area (Å²) < 4.78 is 25.8. The number of nitrogens with one attached hydrogen (secondary N) is 1. The quantitative estimate of drug-likeness (QED) is 0.762. The van der Waals surface area contributed by atoms with Gasteiger partial charge in [0, 0.05) is 31.9 Å². The molecular weight excluding hydrogens is 254 g/mol. The van der Waals surface area contributed by atoms with Crippen LogP contribution in [0.25, 0.3) is 0 Å². The summed E-state index contributed by atoms with van der Waals surface area (Å²) in [6.07, 6.45) is -0.0443. The molecule has 0 saturated carbocycles. The molecule has 0 heterocycles. The number of nitrogens with zero attached hydrogens (tertiary/aromatic N) is 1. The van der Waals surface area contributed by atoms with E-state index in [-0.39, 0.29) is 18.1 Å². The van der Waals surface area contributed by atoms with Gasteiger partial charge in [-0.15, -0.1) is 0 Å². The number of hydrogen-bond donors (Lipinski definition) is 2. The van der Waals surface area contributed by atoms with E-state index in [1.54, 1.807) is 38.4 Å². The third kappa shape index (κ3) is 4.62. The summed E-state index contributed by atoms with van der Waals surface area (Å²) in [5.74, 6) is -0.466. The summed E-state index contributed by atoms with van der Waals surface area (Å²) in [6.45, 7) is 0. The number of nitrogens with two attached hydrogens (primary N) is 1. The van der Waals surface area contributed by atoms with Crippen LogP contribution < -0.4 is 10.5 Å². The Bertz CT molecular complexity index is 509. The minimum atomic E-state index is -3.51. The molecular formula is C11H17N3O3S. The average Bonchev–Trinajstić information content (AvgIpc) is 2.29. The van der Waals surface area contributed by atoms with Crippen LogP contribution in [0.1, 0.15) is 6.42 Å². The first-order valence-corrected chi connectivity index (χ1v) is 7.01. The minimum Gasteiger partial charge on any atom is -0.399 e. The van der Waals surface area contributed by atoms with Gasteiger partial charge in [0.25, 0.3) is 0 Å². The van der Waals surface area contributed by atoms with Crippen LogP contribution in [0.3, 0.4) is 0 Å². The summed E-state index contributed by atoms with van der Waals surface area (Å²) in [7, 11) is -0.343. The zero-order chi connectivity index (χ0) is 13.8. The van der Waals surface area contributed by atoms with Crippen molar-refractivity contribution in [3.63, 3.8) is 0 Å².